The van der Waals surface area contributed by atoms with Gasteiger partial charge in [0.1, 0.15) is 6.04 Å². The maximum absolute atomic E-state index is 11.9. The number of likely N-dealkylation sites (N-methyl/N-ethyl adjacent to an activating group) is 1. The van der Waals surface area contributed by atoms with Gasteiger partial charge in [0.2, 0.25) is 0 Å². The average Bonchev–Trinajstić information content (AvgIpc) is 2.39. The summed E-state index contributed by atoms with van der Waals surface area (Å²) in [5.41, 5.74) is 0. The van der Waals surface area contributed by atoms with Gasteiger partial charge >= 0.3 is 5.97 Å². The van der Waals surface area contributed by atoms with Gasteiger partial charge in [-0.2, -0.15) is 0 Å². The van der Waals surface area contributed by atoms with Gasteiger partial charge in [-0.15, -0.1) is 0 Å². The number of carbonyl (C=O) groups is 1. The molecule has 0 bridgehead atoms. The van der Waals surface area contributed by atoms with E-state index in [-0.39, 0.29) is 12.0 Å². The van der Waals surface area contributed by atoms with Crippen LogP contribution in [-0.2, 0) is 14.3 Å². The quantitative estimate of drug-likeness (QED) is 0.552. The molecule has 0 saturated heterocycles. The molecule has 0 heterocycles. The standard InChI is InChI=1S/C15H32N2O3/c1-6-16-14(15(18)20-7-2)8-9-17(10-11-19-5)12-13(3)4/h13-14,16H,6-12H2,1-5H3. The molecule has 0 saturated carbocycles. The van der Waals surface area contributed by atoms with E-state index in [9.17, 15) is 4.79 Å². The molecule has 120 valence electrons. The molecular formula is C15H32N2O3. The van der Waals surface area contributed by atoms with Crippen LogP contribution >= 0.6 is 0 Å². The summed E-state index contributed by atoms with van der Waals surface area (Å²) in [6.45, 7) is 13.0. The smallest absolute Gasteiger partial charge is 0.323 e. The Morgan fingerprint density at radius 3 is 2.45 bits per heavy atom. The van der Waals surface area contributed by atoms with Crippen molar-refractivity contribution in [3.05, 3.63) is 0 Å². The van der Waals surface area contributed by atoms with Gasteiger partial charge in [-0.05, 0) is 25.8 Å². The molecule has 0 aromatic carbocycles. The van der Waals surface area contributed by atoms with E-state index in [4.69, 9.17) is 9.47 Å². The number of esters is 1. The van der Waals surface area contributed by atoms with E-state index in [1.165, 1.54) is 0 Å². The van der Waals surface area contributed by atoms with Crippen molar-refractivity contribution in [2.45, 2.75) is 40.2 Å². The van der Waals surface area contributed by atoms with Crippen LogP contribution in [0.4, 0.5) is 0 Å². The summed E-state index contributed by atoms with van der Waals surface area (Å²) in [4.78, 5) is 14.2. The van der Waals surface area contributed by atoms with E-state index in [0.29, 0.717) is 12.5 Å². The molecule has 5 heteroatoms. The first-order valence-electron chi connectivity index (χ1n) is 7.66. The molecule has 1 atom stereocenters. The van der Waals surface area contributed by atoms with Crippen LogP contribution in [0.5, 0.6) is 0 Å². The van der Waals surface area contributed by atoms with Gasteiger partial charge in [0.25, 0.3) is 0 Å². The van der Waals surface area contributed by atoms with Gasteiger partial charge < -0.3 is 19.7 Å². The average molecular weight is 288 g/mol. The van der Waals surface area contributed by atoms with E-state index in [1.807, 2.05) is 13.8 Å². The first kappa shape index (κ1) is 19.4. The summed E-state index contributed by atoms with van der Waals surface area (Å²) in [6.07, 6.45) is 0.767. The van der Waals surface area contributed by atoms with Gasteiger partial charge in [0.15, 0.2) is 0 Å². The zero-order chi connectivity index (χ0) is 15.4. The van der Waals surface area contributed by atoms with Crippen molar-refractivity contribution in [2.24, 2.45) is 5.92 Å². The number of hydrogen-bond donors (Lipinski definition) is 1. The summed E-state index contributed by atoms with van der Waals surface area (Å²) >= 11 is 0. The molecule has 0 aromatic rings. The van der Waals surface area contributed by atoms with Crippen molar-refractivity contribution in [3.8, 4) is 0 Å². The van der Waals surface area contributed by atoms with Crippen LogP contribution in [0.3, 0.4) is 0 Å². The van der Waals surface area contributed by atoms with E-state index >= 15 is 0 Å². The molecule has 0 aliphatic heterocycles. The Kier molecular flexibility index (Phi) is 11.7. The molecule has 0 amide bonds. The molecule has 20 heavy (non-hydrogen) atoms. The highest BCUT2D eigenvalue weighted by Crippen LogP contribution is 2.03. The SMILES string of the molecule is CCNC(CCN(CCOC)CC(C)C)C(=O)OCC. The number of carbonyl (C=O) groups excluding carboxylic acids is 1. The number of nitrogens with zero attached hydrogens (tertiary/aromatic N) is 1. The van der Waals surface area contributed by atoms with Crippen molar-refractivity contribution in [2.75, 3.05) is 46.5 Å². The minimum absolute atomic E-state index is 0.148. The zero-order valence-corrected chi connectivity index (χ0v) is 13.8. The zero-order valence-electron chi connectivity index (χ0n) is 13.8. The van der Waals surface area contributed by atoms with Crippen LogP contribution < -0.4 is 5.32 Å². The predicted octanol–water partition coefficient (Wildman–Crippen LogP) is 1.52. The highest BCUT2D eigenvalue weighted by molar-refractivity contribution is 5.75. The molecule has 0 aliphatic carbocycles. The summed E-state index contributed by atoms with van der Waals surface area (Å²) < 4.78 is 10.3. The fourth-order valence-corrected chi connectivity index (χ4v) is 2.14. The lowest BCUT2D eigenvalue weighted by atomic mass is 10.1. The fourth-order valence-electron chi connectivity index (χ4n) is 2.14. The molecule has 5 nitrogen and oxygen atoms in total. The number of hydrogen-bond acceptors (Lipinski definition) is 5. The molecule has 0 rings (SSSR count). The molecule has 0 radical (unpaired) electrons. The molecule has 0 spiro atoms. The third kappa shape index (κ3) is 9.28. The summed E-state index contributed by atoms with van der Waals surface area (Å²) in [5.74, 6) is 0.456. The van der Waals surface area contributed by atoms with Gasteiger partial charge in [0, 0.05) is 26.7 Å². The van der Waals surface area contributed by atoms with Crippen LogP contribution in [0.2, 0.25) is 0 Å². The maximum Gasteiger partial charge on any atom is 0.323 e. The lowest BCUT2D eigenvalue weighted by Crippen LogP contribution is -2.42. The molecule has 0 aromatic heterocycles. The minimum atomic E-state index is -0.211. The largest absolute Gasteiger partial charge is 0.465 e. The summed E-state index contributed by atoms with van der Waals surface area (Å²) in [5, 5.41) is 3.20. The van der Waals surface area contributed by atoms with Gasteiger partial charge in [-0.3, -0.25) is 4.79 Å². The first-order chi connectivity index (χ1) is 9.54. The highest BCUT2D eigenvalue weighted by Gasteiger charge is 2.19. The van der Waals surface area contributed by atoms with Gasteiger partial charge in [-0.25, -0.2) is 0 Å². The Labute approximate surface area is 124 Å². The Balaban J connectivity index is 4.32. The third-order valence-corrected chi connectivity index (χ3v) is 2.99. The number of methoxy groups -OCH3 is 1. The van der Waals surface area contributed by atoms with Crippen LogP contribution in [-0.4, -0.2) is 63.4 Å². The first-order valence-corrected chi connectivity index (χ1v) is 7.66. The third-order valence-electron chi connectivity index (χ3n) is 2.99. The second-order valence-electron chi connectivity index (χ2n) is 5.34. The lowest BCUT2D eigenvalue weighted by Gasteiger charge is -2.26. The van der Waals surface area contributed by atoms with Gasteiger partial charge in [-0.1, -0.05) is 20.8 Å². The normalized spacial score (nSPS) is 12.9. The Morgan fingerprint density at radius 2 is 1.95 bits per heavy atom. The summed E-state index contributed by atoms with van der Waals surface area (Å²) in [6, 6.07) is -0.211. The number of rotatable bonds is 12. The van der Waals surface area contributed by atoms with Crippen molar-refractivity contribution >= 4 is 5.97 Å². The lowest BCUT2D eigenvalue weighted by molar-refractivity contribution is -0.145. The van der Waals surface area contributed by atoms with Crippen molar-refractivity contribution in [1.29, 1.82) is 0 Å². The highest BCUT2D eigenvalue weighted by atomic mass is 16.5. The number of ether oxygens (including phenoxy) is 2. The fraction of sp³-hybridized carbons (Fsp3) is 0.933. The van der Waals surface area contributed by atoms with E-state index < -0.39 is 0 Å². The molecule has 1 unspecified atom stereocenters. The van der Waals surface area contributed by atoms with Gasteiger partial charge in [0.05, 0.1) is 13.2 Å². The van der Waals surface area contributed by atoms with Crippen LogP contribution in [0, 0.1) is 5.92 Å². The van der Waals surface area contributed by atoms with Crippen molar-refractivity contribution in [1.82, 2.24) is 10.2 Å². The second kappa shape index (κ2) is 12.1. The maximum atomic E-state index is 11.9. The molecule has 1 N–H and O–H groups in total. The van der Waals surface area contributed by atoms with Crippen molar-refractivity contribution < 1.29 is 14.3 Å². The van der Waals surface area contributed by atoms with Crippen LogP contribution in [0.15, 0.2) is 0 Å². The van der Waals surface area contributed by atoms with E-state index in [0.717, 1.165) is 39.2 Å². The van der Waals surface area contributed by atoms with Crippen molar-refractivity contribution in [3.63, 3.8) is 0 Å². The van der Waals surface area contributed by atoms with E-state index in [2.05, 4.69) is 24.1 Å². The predicted molar refractivity (Wildman–Crippen MR) is 81.9 cm³/mol. The molecule has 0 fully saturated rings. The molecular weight excluding hydrogens is 256 g/mol. The Hall–Kier alpha value is -0.650. The Morgan fingerprint density at radius 1 is 1.25 bits per heavy atom. The minimum Gasteiger partial charge on any atom is -0.465 e. The Bertz CT molecular complexity index is 247. The topological polar surface area (TPSA) is 50.8 Å². The second-order valence-corrected chi connectivity index (χ2v) is 5.34. The molecule has 0 aliphatic rings. The summed E-state index contributed by atoms with van der Waals surface area (Å²) in [7, 11) is 1.72. The number of nitrogens with one attached hydrogen (secondary N) is 1. The van der Waals surface area contributed by atoms with E-state index in [1.54, 1.807) is 7.11 Å². The monoisotopic (exact) mass is 288 g/mol. The van der Waals surface area contributed by atoms with Crippen LogP contribution in [0.25, 0.3) is 0 Å². The van der Waals surface area contributed by atoms with Crippen LogP contribution in [0.1, 0.15) is 34.1 Å².